The normalized spacial score (nSPS) is 12.5. The number of aryl methyl sites for hydroxylation is 1. The summed E-state index contributed by atoms with van der Waals surface area (Å²) in [5.74, 6) is 1.38. The van der Waals surface area contributed by atoms with Gasteiger partial charge >= 0.3 is 5.69 Å². The number of benzene rings is 1. The van der Waals surface area contributed by atoms with Crippen LogP contribution in [0, 0.1) is 0 Å². The first-order valence-electron chi connectivity index (χ1n) is 6.05. The number of ether oxygens (including phenoxy) is 2. The predicted octanol–water partition coefficient (Wildman–Crippen LogP) is 1.48. The fourth-order valence-electron chi connectivity index (χ4n) is 2.48. The van der Waals surface area contributed by atoms with E-state index in [0.717, 1.165) is 23.2 Å². The van der Waals surface area contributed by atoms with Crippen molar-refractivity contribution >= 4 is 0 Å². The maximum absolute atomic E-state index is 11.7. The molecule has 2 aromatic rings. The Labute approximate surface area is 110 Å². The molecule has 0 aliphatic carbocycles. The summed E-state index contributed by atoms with van der Waals surface area (Å²) in [5.41, 5.74) is 2.83. The molecule has 0 unspecified atom stereocenters. The van der Waals surface area contributed by atoms with Crippen LogP contribution in [0.5, 0.6) is 11.5 Å². The zero-order valence-electron chi connectivity index (χ0n) is 10.8. The second kappa shape index (κ2) is 4.42. The molecule has 0 saturated carbocycles. The van der Waals surface area contributed by atoms with Crippen molar-refractivity contribution in [3.63, 3.8) is 0 Å². The van der Waals surface area contributed by atoms with Gasteiger partial charge in [0.05, 0.1) is 19.9 Å². The topological polar surface area (TPSA) is 53.4 Å². The average Bonchev–Trinajstić information content (AvgIpc) is 2.45. The first kappa shape index (κ1) is 11.8. The molecule has 0 amide bonds. The highest BCUT2D eigenvalue weighted by molar-refractivity contribution is 5.69. The minimum Gasteiger partial charge on any atom is -0.493 e. The Kier molecular flexibility index (Phi) is 2.74. The molecule has 0 saturated heterocycles. The van der Waals surface area contributed by atoms with Crippen LogP contribution in [-0.2, 0) is 13.0 Å². The van der Waals surface area contributed by atoms with Crippen LogP contribution in [0.1, 0.15) is 5.56 Å². The van der Waals surface area contributed by atoms with Gasteiger partial charge in [-0.2, -0.15) is 0 Å². The SMILES string of the molecule is COc1cc2c(cc1OC)-c1ccnc(=O)n1CC2. The van der Waals surface area contributed by atoms with Crippen LogP contribution < -0.4 is 15.2 Å². The van der Waals surface area contributed by atoms with Crippen molar-refractivity contribution in [2.24, 2.45) is 0 Å². The second-order valence-corrected chi connectivity index (χ2v) is 4.38. The maximum Gasteiger partial charge on any atom is 0.347 e. The molecule has 1 aromatic carbocycles. The Bertz CT molecular complexity index is 692. The summed E-state index contributed by atoms with van der Waals surface area (Å²) in [6.45, 7) is 0.643. The van der Waals surface area contributed by atoms with Crippen LogP contribution in [-0.4, -0.2) is 23.8 Å². The Balaban J connectivity index is 2.26. The van der Waals surface area contributed by atoms with E-state index in [0.29, 0.717) is 18.0 Å². The lowest BCUT2D eigenvalue weighted by Gasteiger charge is -2.22. The number of aromatic nitrogens is 2. The molecule has 0 fully saturated rings. The monoisotopic (exact) mass is 258 g/mol. The third kappa shape index (κ3) is 1.78. The molecule has 5 heteroatoms. The molecule has 5 nitrogen and oxygen atoms in total. The molecule has 1 aliphatic rings. The zero-order valence-corrected chi connectivity index (χ0v) is 10.8. The highest BCUT2D eigenvalue weighted by Crippen LogP contribution is 2.37. The van der Waals surface area contributed by atoms with E-state index in [2.05, 4.69) is 4.98 Å². The quantitative estimate of drug-likeness (QED) is 0.818. The summed E-state index contributed by atoms with van der Waals surface area (Å²) in [4.78, 5) is 15.5. The van der Waals surface area contributed by atoms with E-state index in [4.69, 9.17) is 9.47 Å². The van der Waals surface area contributed by atoms with Gasteiger partial charge in [0, 0.05) is 18.3 Å². The van der Waals surface area contributed by atoms with Gasteiger partial charge in [-0.05, 0) is 30.2 Å². The van der Waals surface area contributed by atoms with E-state index >= 15 is 0 Å². The molecule has 1 aliphatic heterocycles. The van der Waals surface area contributed by atoms with Gasteiger partial charge < -0.3 is 9.47 Å². The van der Waals surface area contributed by atoms with Crippen molar-refractivity contribution in [1.82, 2.24) is 9.55 Å². The largest absolute Gasteiger partial charge is 0.493 e. The average molecular weight is 258 g/mol. The third-order valence-corrected chi connectivity index (χ3v) is 3.43. The van der Waals surface area contributed by atoms with Gasteiger partial charge in [0.15, 0.2) is 11.5 Å². The predicted molar refractivity (Wildman–Crippen MR) is 70.7 cm³/mol. The molecular weight excluding hydrogens is 244 g/mol. The van der Waals surface area contributed by atoms with Crippen LogP contribution in [0.15, 0.2) is 29.2 Å². The fourth-order valence-corrected chi connectivity index (χ4v) is 2.48. The standard InChI is InChI=1S/C14H14N2O3/c1-18-12-7-9-4-6-16-11(3-5-15-14(16)17)10(9)8-13(12)19-2/h3,5,7-8H,4,6H2,1-2H3. The van der Waals surface area contributed by atoms with E-state index in [1.54, 1.807) is 25.0 Å². The fraction of sp³-hybridized carbons (Fsp3) is 0.286. The number of nitrogens with zero attached hydrogens (tertiary/aromatic N) is 2. The van der Waals surface area contributed by atoms with Crippen LogP contribution in [0.25, 0.3) is 11.3 Å². The molecule has 2 heterocycles. The van der Waals surface area contributed by atoms with Crippen molar-refractivity contribution < 1.29 is 9.47 Å². The van der Waals surface area contributed by atoms with Crippen molar-refractivity contribution in [3.05, 3.63) is 40.4 Å². The van der Waals surface area contributed by atoms with Crippen molar-refractivity contribution in [2.45, 2.75) is 13.0 Å². The summed E-state index contributed by atoms with van der Waals surface area (Å²) < 4.78 is 12.3. The zero-order chi connectivity index (χ0) is 13.4. The van der Waals surface area contributed by atoms with Crippen LogP contribution in [0.2, 0.25) is 0 Å². The molecule has 1 aromatic heterocycles. The van der Waals surface area contributed by atoms with Gasteiger partial charge in [-0.15, -0.1) is 0 Å². The molecule has 0 bridgehead atoms. The molecular formula is C14H14N2O3. The molecule has 0 atom stereocenters. The van der Waals surface area contributed by atoms with Gasteiger partial charge in [-0.3, -0.25) is 4.57 Å². The Hall–Kier alpha value is -2.30. The van der Waals surface area contributed by atoms with E-state index in [9.17, 15) is 4.79 Å². The Morgan fingerprint density at radius 3 is 2.68 bits per heavy atom. The number of methoxy groups -OCH3 is 2. The van der Waals surface area contributed by atoms with Gasteiger partial charge in [-0.1, -0.05) is 0 Å². The smallest absolute Gasteiger partial charge is 0.347 e. The summed E-state index contributed by atoms with van der Waals surface area (Å²) in [5, 5.41) is 0. The molecule has 98 valence electrons. The number of hydrogen-bond acceptors (Lipinski definition) is 4. The van der Waals surface area contributed by atoms with E-state index in [1.165, 1.54) is 0 Å². The Morgan fingerprint density at radius 1 is 1.21 bits per heavy atom. The molecule has 0 N–H and O–H groups in total. The van der Waals surface area contributed by atoms with Gasteiger partial charge in [-0.25, -0.2) is 9.78 Å². The molecule has 0 spiro atoms. The van der Waals surface area contributed by atoms with Crippen LogP contribution >= 0.6 is 0 Å². The lowest BCUT2D eigenvalue weighted by molar-refractivity contribution is 0.354. The Morgan fingerprint density at radius 2 is 1.95 bits per heavy atom. The van der Waals surface area contributed by atoms with E-state index in [1.807, 2.05) is 18.2 Å². The summed E-state index contributed by atoms with van der Waals surface area (Å²) in [7, 11) is 3.22. The van der Waals surface area contributed by atoms with Crippen molar-refractivity contribution in [2.75, 3.05) is 14.2 Å². The van der Waals surface area contributed by atoms with E-state index in [-0.39, 0.29) is 5.69 Å². The number of rotatable bonds is 2. The summed E-state index contributed by atoms with van der Waals surface area (Å²) in [6, 6.07) is 5.74. The molecule has 0 radical (unpaired) electrons. The lowest BCUT2D eigenvalue weighted by atomic mass is 9.97. The minimum atomic E-state index is -0.210. The van der Waals surface area contributed by atoms with Crippen LogP contribution in [0.4, 0.5) is 0 Å². The second-order valence-electron chi connectivity index (χ2n) is 4.38. The summed E-state index contributed by atoms with van der Waals surface area (Å²) in [6.07, 6.45) is 2.33. The van der Waals surface area contributed by atoms with Crippen LogP contribution in [0.3, 0.4) is 0 Å². The maximum atomic E-state index is 11.7. The van der Waals surface area contributed by atoms with Gasteiger partial charge in [0.1, 0.15) is 0 Å². The van der Waals surface area contributed by atoms with Crippen molar-refractivity contribution in [3.8, 4) is 22.8 Å². The number of hydrogen-bond donors (Lipinski definition) is 0. The van der Waals surface area contributed by atoms with Gasteiger partial charge in [0.25, 0.3) is 0 Å². The number of fused-ring (bicyclic) bond motifs is 3. The molecule has 19 heavy (non-hydrogen) atoms. The van der Waals surface area contributed by atoms with E-state index < -0.39 is 0 Å². The lowest BCUT2D eigenvalue weighted by Crippen LogP contribution is -2.27. The highest BCUT2D eigenvalue weighted by atomic mass is 16.5. The summed E-state index contributed by atoms with van der Waals surface area (Å²) >= 11 is 0. The third-order valence-electron chi connectivity index (χ3n) is 3.43. The highest BCUT2D eigenvalue weighted by Gasteiger charge is 2.19. The van der Waals surface area contributed by atoms with Crippen molar-refractivity contribution in [1.29, 1.82) is 0 Å². The minimum absolute atomic E-state index is 0.210. The van der Waals surface area contributed by atoms with Gasteiger partial charge in [0.2, 0.25) is 0 Å². The first-order chi connectivity index (χ1) is 9.24. The molecule has 3 rings (SSSR count). The first-order valence-corrected chi connectivity index (χ1v) is 6.05.